The summed E-state index contributed by atoms with van der Waals surface area (Å²) in [6, 6.07) is 2.96. The van der Waals surface area contributed by atoms with Crippen LogP contribution in [-0.4, -0.2) is 103 Å². The van der Waals surface area contributed by atoms with Gasteiger partial charge in [0.25, 0.3) is 0 Å². The summed E-state index contributed by atoms with van der Waals surface area (Å²) < 4.78 is 16.6. The normalized spacial score (nSPS) is 22.3. The third-order valence-corrected chi connectivity index (χ3v) is 8.05. The Morgan fingerprint density at radius 2 is 1.88 bits per heavy atom. The van der Waals surface area contributed by atoms with Gasteiger partial charge in [0.2, 0.25) is 30.3 Å². The summed E-state index contributed by atoms with van der Waals surface area (Å²) in [5.41, 5.74) is 6.41. The predicted molar refractivity (Wildman–Crippen MR) is 144 cm³/mol. The van der Waals surface area contributed by atoms with E-state index in [1.165, 1.54) is 12.0 Å². The fourth-order valence-electron chi connectivity index (χ4n) is 5.95. The first-order valence-electron chi connectivity index (χ1n) is 14.0. The molecule has 3 aliphatic rings. The van der Waals surface area contributed by atoms with Crippen LogP contribution >= 0.6 is 0 Å². The van der Waals surface area contributed by atoms with Gasteiger partial charge in [-0.15, -0.1) is 0 Å². The molecule has 3 amide bonds. The van der Waals surface area contributed by atoms with Crippen LogP contribution in [0.25, 0.3) is 0 Å². The molecule has 3 heterocycles. The number of carbonyl (C=O) groups excluding carboxylic acids is 3. The molecular formula is C28H40N4O8. The molecule has 220 valence electrons. The Balaban J connectivity index is 1.63. The van der Waals surface area contributed by atoms with Crippen LogP contribution in [0, 0.1) is 5.92 Å². The predicted octanol–water partition coefficient (Wildman–Crippen LogP) is 1.41. The summed E-state index contributed by atoms with van der Waals surface area (Å²) in [5.74, 6) is -1.58. The zero-order valence-electron chi connectivity index (χ0n) is 23.3. The monoisotopic (exact) mass is 560 g/mol. The minimum atomic E-state index is -1.01. The van der Waals surface area contributed by atoms with Crippen molar-refractivity contribution in [3.63, 3.8) is 0 Å². The highest BCUT2D eigenvalue weighted by Crippen LogP contribution is 2.47. The Bertz CT molecular complexity index is 1090. The molecule has 0 aliphatic carbocycles. The summed E-state index contributed by atoms with van der Waals surface area (Å²) >= 11 is 0. The van der Waals surface area contributed by atoms with Crippen LogP contribution in [-0.2, 0) is 19.2 Å². The summed E-state index contributed by atoms with van der Waals surface area (Å²) in [6.45, 7) is 4.16. The lowest BCUT2D eigenvalue weighted by atomic mass is 9.84. The number of fused-ring (bicyclic) bond motifs is 1. The molecule has 12 heteroatoms. The van der Waals surface area contributed by atoms with Crippen molar-refractivity contribution in [1.29, 1.82) is 0 Å². The van der Waals surface area contributed by atoms with E-state index >= 15 is 0 Å². The topological polar surface area (TPSA) is 152 Å². The molecule has 0 radical (unpaired) electrons. The molecule has 4 rings (SSSR count). The molecule has 3 N–H and O–H groups in total. The molecular weight excluding hydrogens is 520 g/mol. The van der Waals surface area contributed by atoms with E-state index in [1.807, 2.05) is 4.90 Å². The van der Waals surface area contributed by atoms with Crippen molar-refractivity contribution in [2.75, 3.05) is 53.2 Å². The molecule has 1 aromatic rings. The number of nitrogens with zero attached hydrogens (tertiary/aromatic N) is 3. The van der Waals surface area contributed by atoms with Gasteiger partial charge in [0.05, 0.1) is 19.6 Å². The number of carboxylic acids is 1. The van der Waals surface area contributed by atoms with E-state index in [1.54, 1.807) is 17.0 Å². The number of hydrogen-bond acceptors (Lipinski definition) is 9. The second-order valence-electron chi connectivity index (χ2n) is 10.5. The van der Waals surface area contributed by atoms with E-state index in [4.69, 9.17) is 19.9 Å². The van der Waals surface area contributed by atoms with Gasteiger partial charge in [-0.05, 0) is 43.5 Å². The Morgan fingerprint density at radius 3 is 2.52 bits per heavy atom. The fourth-order valence-corrected chi connectivity index (χ4v) is 5.95. The Kier molecular flexibility index (Phi) is 9.85. The average molecular weight is 561 g/mol. The minimum absolute atomic E-state index is 0.0306. The quantitative estimate of drug-likeness (QED) is 0.320. The van der Waals surface area contributed by atoms with Crippen LogP contribution in [0.1, 0.15) is 56.9 Å². The number of benzene rings is 1. The minimum Gasteiger partial charge on any atom is -0.493 e. The van der Waals surface area contributed by atoms with E-state index in [2.05, 4.69) is 6.92 Å². The van der Waals surface area contributed by atoms with Crippen molar-refractivity contribution in [3.8, 4) is 17.2 Å². The molecule has 0 bridgehead atoms. The standard InChI is InChI=1S/C28H40N4O8/c1-3-4-10-30(11-5-9-29)25(35)16-31-15-19(18-13-21(38-2)27-22(14-18)39-17-40-27)26(28(36)37)20(31)8-12-32-23(33)6-7-24(32)34/h13-14,19-20,26H,3-12,15-17,29H2,1-2H3,(H,36,37). The zero-order chi connectivity index (χ0) is 28.8. The van der Waals surface area contributed by atoms with Gasteiger partial charge in [0.1, 0.15) is 0 Å². The number of carboxylic acid groups (broad SMARTS) is 1. The maximum atomic E-state index is 13.5. The summed E-state index contributed by atoms with van der Waals surface area (Å²) in [7, 11) is 1.51. The van der Waals surface area contributed by atoms with Gasteiger partial charge in [-0.3, -0.25) is 29.0 Å². The molecule has 3 atom stereocenters. The molecule has 40 heavy (non-hydrogen) atoms. The lowest BCUT2D eigenvalue weighted by Gasteiger charge is -2.30. The van der Waals surface area contributed by atoms with Gasteiger partial charge in [0, 0.05) is 51.0 Å². The summed E-state index contributed by atoms with van der Waals surface area (Å²) in [6.07, 6.45) is 3.05. The van der Waals surface area contributed by atoms with Crippen molar-refractivity contribution < 1.29 is 38.5 Å². The maximum Gasteiger partial charge on any atom is 0.308 e. The van der Waals surface area contributed by atoms with Crippen LogP contribution in [0.15, 0.2) is 12.1 Å². The molecule has 0 spiro atoms. The third-order valence-electron chi connectivity index (χ3n) is 8.05. The number of carbonyl (C=O) groups is 4. The number of nitrogens with two attached hydrogens (primary N) is 1. The SMILES string of the molecule is CCCCN(CCCN)C(=O)CN1CC(c2cc(OC)c3c(c2)OCO3)C(C(=O)O)C1CCN1C(=O)CCC1=O. The zero-order valence-corrected chi connectivity index (χ0v) is 23.3. The van der Waals surface area contributed by atoms with Gasteiger partial charge < -0.3 is 30.0 Å². The first kappa shape index (κ1) is 29.6. The van der Waals surface area contributed by atoms with Gasteiger partial charge in [0.15, 0.2) is 11.5 Å². The van der Waals surface area contributed by atoms with Crippen molar-refractivity contribution in [2.24, 2.45) is 11.7 Å². The Labute approximate surface area is 234 Å². The molecule has 1 aromatic carbocycles. The summed E-state index contributed by atoms with van der Waals surface area (Å²) in [4.78, 5) is 55.8. The van der Waals surface area contributed by atoms with Crippen LogP contribution in [0.3, 0.4) is 0 Å². The van der Waals surface area contributed by atoms with E-state index in [0.29, 0.717) is 55.4 Å². The maximum absolute atomic E-state index is 13.5. The number of hydrogen-bond donors (Lipinski definition) is 2. The second-order valence-corrected chi connectivity index (χ2v) is 10.5. The van der Waals surface area contributed by atoms with Gasteiger partial charge in [-0.2, -0.15) is 0 Å². The summed E-state index contributed by atoms with van der Waals surface area (Å²) in [5, 5.41) is 10.5. The molecule has 0 aromatic heterocycles. The lowest BCUT2D eigenvalue weighted by molar-refractivity contribution is -0.144. The van der Waals surface area contributed by atoms with Crippen LogP contribution in [0.5, 0.6) is 17.2 Å². The highest BCUT2D eigenvalue weighted by Gasteiger charge is 2.48. The molecule has 2 fully saturated rings. The number of ether oxygens (including phenoxy) is 3. The first-order valence-corrected chi connectivity index (χ1v) is 14.0. The highest BCUT2D eigenvalue weighted by atomic mass is 16.7. The van der Waals surface area contributed by atoms with Crippen LogP contribution in [0.2, 0.25) is 0 Å². The Hall–Kier alpha value is -3.38. The fraction of sp³-hybridized carbons (Fsp3) is 0.643. The van der Waals surface area contributed by atoms with Crippen molar-refractivity contribution in [1.82, 2.24) is 14.7 Å². The number of likely N-dealkylation sites (tertiary alicyclic amines) is 2. The number of unbranched alkanes of at least 4 members (excludes halogenated alkanes) is 1. The third kappa shape index (κ3) is 6.33. The molecule has 3 unspecified atom stereocenters. The lowest BCUT2D eigenvalue weighted by Crippen LogP contribution is -2.46. The number of rotatable bonds is 14. The van der Waals surface area contributed by atoms with E-state index in [0.717, 1.165) is 12.8 Å². The smallest absolute Gasteiger partial charge is 0.308 e. The number of methoxy groups -OCH3 is 1. The molecule has 0 saturated carbocycles. The van der Waals surface area contributed by atoms with Crippen LogP contribution < -0.4 is 19.9 Å². The molecule has 12 nitrogen and oxygen atoms in total. The van der Waals surface area contributed by atoms with Gasteiger partial charge >= 0.3 is 5.97 Å². The van der Waals surface area contributed by atoms with E-state index in [9.17, 15) is 24.3 Å². The Morgan fingerprint density at radius 1 is 1.15 bits per heavy atom. The van der Waals surface area contributed by atoms with Crippen LogP contribution in [0.4, 0.5) is 0 Å². The van der Waals surface area contributed by atoms with Crippen molar-refractivity contribution >= 4 is 23.7 Å². The number of amides is 3. The highest BCUT2D eigenvalue weighted by molar-refractivity contribution is 6.01. The molecule has 3 aliphatic heterocycles. The number of aliphatic carboxylic acids is 1. The second kappa shape index (κ2) is 13.3. The van der Waals surface area contributed by atoms with Crippen molar-refractivity contribution in [2.45, 2.75) is 57.4 Å². The van der Waals surface area contributed by atoms with Crippen molar-refractivity contribution in [3.05, 3.63) is 17.7 Å². The number of imide groups is 1. The molecule has 2 saturated heterocycles. The average Bonchev–Trinajstić information content (AvgIpc) is 3.64. The largest absolute Gasteiger partial charge is 0.493 e. The van der Waals surface area contributed by atoms with Gasteiger partial charge in [-0.25, -0.2) is 0 Å². The van der Waals surface area contributed by atoms with Gasteiger partial charge in [-0.1, -0.05) is 13.3 Å². The first-order chi connectivity index (χ1) is 19.3. The van der Waals surface area contributed by atoms with E-state index < -0.39 is 23.8 Å². The van der Waals surface area contributed by atoms with E-state index in [-0.39, 0.29) is 56.9 Å².